The van der Waals surface area contributed by atoms with Gasteiger partial charge in [-0.15, -0.1) is 11.3 Å². The summed E-state index contributed by atoms with van der Waals surface area (Å²) in [6.45, 7) is 3.74. The molecular weight excluding hydrogens is 398 g/mol. The van der Waals surface area contributed by atoms with E-state index in [4.69, 9.17) is 10.1 Å². The van der Waals surface area contributed by atoms with Crippen LogP contribution in [0.25, 0.3) is 16.8 Å². The fourth-order valence-corrected chi connectivity index (χ4v) is 4.13. The first-order chi connectivity index (χ1) is 14.4. The Bertz CT molecular complexity index is 1140. The molecule has 0 spiro atoms. The van der Waals surface area contributed by atoms with E-state index in [2.05, 4.69) is 4.98 Å². The zero-order valence-electron chi connectivity index (χ0n) is 16.6. The molecule has 7 heteroatoms. The molecule has 0 amide bonds. The first-order valence-electron chi connectivity index (χ1n) is 9.55. The van der Waals surface area contributed by atoms with E-state index in [0.717, 1.165) is 11.3 Å². The molecule has 2 N–H and O–H groups in total. The number of hydrogen-bond acceptors (Lipinski definition) is 6. The summed E-state index contributed by atoms with van der Waals surface area (Å²) < 4.78 is 5.26. The Hall–Kier alpha value is -3.45. The van der Waals surface area contributed by atoms with E-state index in [1.807, 2.05) is 35.7 Å². The number of carbonyl (C=O) groups excluding carboxylic acids is 1. The Balaban J connectivity index is 1.59. The summed E-state index contributed by atoms with van der Waals surface area (Å²) in [5, 5.41) is 21.7. The highest BCUT2D eigenvalue weighted by Gasteiger charge is 2.31. The van der Waals surface area contributed by atoms with Gasteiger partial charge in [-0.2, -0.15) is 0 Å². The molecule has 1 aliphatic rings. The van der Waals surface area contributed by atoms with Crippen molar-refractivity contribution in [2.45, 2.75) is 20.0 Å². The average Bonchev–Trinajstić information content (AvgIpc) is 3.32. The minimum absolute atomic E-state index is 0.0871. The van der Waals surface area contributed by atoms with Gasteiger partial charge in [-0.25, -0.2) is 9.78 Å². The monoisotopic (exact) mass is 419 g/mol. The predicted molar refractivity (Wildman–Crippen MR) is 119 cm³/mol. The maximum atomic E-state index is 12.2. The fraction of sp³-hybridized carbons (Fsp3) is 0.174. The maximum absolute atomic E-state index is 12.2. The number of aromatic nitrogens is 1. The number of esters is 1. The van der Waals surface area contributed by atoms with Crippen LogP contribution in [0.15, 0.2) is 65.7 Å². The minimum atomic E-state index is -0.414. The number of hydrogen-bond donors (Lipinski definition) is 2. The Morgan fingerprint density at radius 1 is 1.20 bits per heavy atom. The summed E-state index contributed by atoms with van der Waals surface area (Å²) in [6, 6.07) is 16.7. The van der Waals surface area contributed by atoms with E-state index in [9.17, 15) is 9.90 Å². The number of ether oxygens (including phenoxy) is 1. The quantitative estimate of drug-likeness (QED) is 0.559. The summed E-state index contributed by atoms with van der Waals surface area (Å²) in [6.07, 6.45) is -0.215. The molecule has 0 unspecified atom stereocenters. The third-order valence-electron chi connectivity index (χ3n) is 4.63. The van der Waals surface area contributed by atoms with E-state index >= 15 is 0 Å². The number of amidine groups is 1. The molecule has 4 rings (SSSR count). The minimum Gasteiger partial charge on any atom is -0.510 e. The van der Waals surface area contributed by atoms with Gasteiger partial charge in [0.1, 0.15) is 16.6 Å². The van der Waals surface area contributed by atoms with Crippen molar-refractivity contribution in [3.05, 3.63) is 76.3 Å². The summed E-state index contributed by atoms with van der Waals surface area (Å²) >= 11 is 1.39. The van der Waals surface area contributed by atoms with Crippen molar-refractivity contribution in [3.63, 3.8) is 0 Å². The molecular formula is C23H21N3O3S. The van der Waals surface area contributed by atoms with Gasteiger partial charge in [0.15, 0.2) is 0 Å². The number of anilines is 1. The molecule has 0 radical (unpaired) electrons. The molecule has 1 aliphatic heterocycles. The number of rotatable bonds is 5. The lowest BCUT2D eigenvalue weighted by Crippen LogP contribution is -2.26. The maximum Gasteiger partial charge on any atom is 0.338 e. The third kappa shape index (κ3) is 3.84. The first kappa shape index (κ1) is 19.8. The molecule has 1 aromatic heterocycles. The van der Waals surface area contributed by atoms with Gasteiger partial charge in [0.25, 0.3) is 0 Å². The number of nitrogens with zero attached hydrogens (tertiary/aromatic N) is 2. The lowest BCUT2D eigenvalue weighted by molar-refractivity contribution is 0.0378. The van der Waals surface area contributed by atoms with Crippen LogP contribution < -0.4 is 4.90 Å². The van der Waals surface area contributed by atoms with Crippen LogP contribution in [-0.2, 0) is 4.74 Å². The second kappa shape index (κ2) is 8.12. The molecule has 6 nitrogen and oxygen atoms in total. The van der Waals surface area contributed by atoms with Crippen LogP contribution >= 0.6 is 11.3 Å². The molecule has 2 heterocycles. The van der Waals surface area contributed by atoms with Crippen LogP contribution in [0, 0.1) is 5.41 Å². The summed E-state index contributed by atoms with van der Waals surface area (Å²) in [5.74, 6) is -0.178. The van der Waals surface area contributed by atoms with Gasteiger partial charge in [-0.1, -0.05) is 36.4 Å². The normalized spacial score (nSPS) is 14.0. The van der Waals surface area contributed by atoms with Crippen molar-refractivity contribution in [3.8, 4) is 11.3 Å². The van der Waals surface area contributed by atoms with Crippen LogP contribution in [0.4, 0.5) is 5.69 Å². The zero-order chi connectivity index (χ0) is 21.3. The SMILES string of the molecule is CC(C)OC(=O)c1cccc(N2CC(O)=C(c3nc(-c4ccccc4)cs3)C2=N)c1. The Morgan fingerprint density at radius 3 is 2.70 bits per heavy atom. The van der Waals surface area contributed by atoms with Crippen molar-refractivity contribution < 1.29 is 14.6 Å². The average molecular weight is 420 g/mol. The number of aliphatic hydroxyl groups is 1. The molecule has 0 aliphatic carbocycles. The molecule has 0 atom stereocenters. The van der Waals surface area contributed by atoms with Crippen LogP contribution in [0.1, 0.15) is 29.2 Å². The molecule has 2 aromatic carbocycles. The fourth-order valence-electron chi connectivity index (χ4n) is 3.24. The molecule has 3 aromatic rings. The Morgan fingerprint density at radius 2 is 1.97 bits per heavy atom. The second-order valence-corrected chi connectivity index (χ2v) is 8.02. The smallest absolute Gasteiger partial charge is 0.338 e. The van der Waals surface area contributed by atoms with Crippen molar-refractivity contribution in [2.24, 2.45) is 0 Å². The van der Waals surface area contributed by atoms with Gasteiger partial charge in [0.05, 0.1) is 29.5 Å². The number of carbonyl (C=O) groups is 1. The number of nitrogens with one attached hydrogen (secondary N) is 1. The standard InChI is InChI=1S/C23H21N3O3S/c1-14(2)29-23(28)16-9-6-10-17(11-16)26-12-19(27)20(21(26)24)22-25-18(13-30-22)15-7-4-3-5-8-15/h3-11,13-14,24,27H,12H2,1-2H3. The summed E-state index contributed by atoms with van der Waals surface area (Å²) in [7, 11) is 0. The van der Waals surface area contributed by atoms with Gasteiger partial charge in [-0.05, 0) is 32.0 Å². The predicted octanol–water partition coefficient (Wildman–Crippen LogP) is 5.14. The van der Waals surface area contributed by atoms with E-state index in [1.165, 1.54) is 11.3 Å². The van der Waals surface area contributed by atoms with Crippen molar-refractivity contribution in [1.82, 2.24) is 4.98 Å². The van der Waals surface area contributed by atoms with Crippen molar-refractivity contribution >= 4 is 34.4 Å². The van der Waals surface area contributed by atoms with E-state index < -0.39 is 5.97 Å². The first-order valence-corrected chi connectivity index (χ1v) is 10.4. The van der Waals surface area contributed by atoms with E-state index in [0.29, 0.717) is 21.8 Å². The summed E-state index contributed by atoms with van der Waals surface area (Å²) in [5.41, 5.74) is 3.25. The van der Waals surface area contributed by atoms with Crippen molar-refractivity contribution in [1.29, 1.82) is 5.41 Å². The van der Waals surface area contributed by atoms with E-state index in [-0.39, 0.29) is 24.2 Å². The Kier molecular flexibility index (Phi) is 5.37. The zero-order valence-corrected chi connectivity index (χ0v) is 17.4. The van der Waals surface area contributed by atoms with Gasteiger partial charge < -0.3 is 14.7 Å². The van der Waals surface area contributed by atoms with Crippen LogP contribution in [-0.4, -0.2) is 34.5 Å². The van der Waals surface area contributed by atoms with Gasteiger partial charge in [0.2, 0.25) is 0 Å². The molecule has 0 bridgehead atoms. The molecule has 0 saturated carbocycles. The molecule has 0 fully saturated rings. The molecule has 30 heavy (non-hydrogen) atoms. The van der Waals surface area contributed by atoms with Gasteiger partial charge in [-0.3, -0.25) is 5.41 Å². The van der Waals surface area contributed by atoms with Crippen LogP contribution in [0.3, 0.4) is 0 Å². The van der Waals surface area contributed by atoms with Gasteiger partial charge >= 0.3 is 5.97 Å². The Labute approximate surface area is 178 Å². The highest BCUT2D eigenvalue weighted by atomic mass is 32.1. The number of benzene rings is 2. The largest absolute Gasteiger partial charge is 0.510 e. The lowest BCUT2D eigenvalue weighted by Gasteiger charge is -2.19. The van der Waals surface area contributed by atoms with Crippen molar-refractivity contribution in [2.75, 3.05) is 11.4 Å². The lowest BCUT2D eigenvalue weighted by atomic mass is 10.1. The van der Waals surface area contributed by atoms with Crippen LogP contribution in [0.5, 0.6) is 0 Å². The number of thiazole rings is 1. The second-order valence-electron chi connectivity index (χ2n) is 7.16. The van der Waals surface area contributed by atoms with Crippen LogP contribution in [0.2, 0.25) is 0 Å². The number of aliphatic hydroxyl groups excluding tert-OH is 1. The van der Waals surface area contributed by atoms with E-state index in [1.54, 1.807) is 43.0 Å². The third-order valence-corrected chi connectivity index (χ3v) is 5.49. The highest BCUT2D eigenvalue weighted by Crippen LogP contribution is 2.34. The highest BCUT2D eigenvalue weighted by molar-refractivity contribution is 7.11. The molecule has 152 valence electrons. The molecule has 0 saturated heterocycles. The topological polar surface area (TPSA) is 86.5 Å². The van der Waals surface area contributed by atoms with Gasteiger partial charge in [0, 0.05) is 16.6 Å². The summed E-state index contributed by atoms with van der Waals surface area (Å²) in [4.78, 5) is 18.5.